The van der Waals surface area contributed by atoms with Crippen LogP contribution in [-0.2, 0) is 4.79 Å². The molecule has 1 aliphatic heterocycles. The number of likely N-dealkylation sites (tertiary alicyclic amines) is 1. The first-order valence-electron chi connectivity index (χ1n) is 8.59. The Balaban J connectivity index is 0.00000288. The normalized spacial score (nSPS) is 17.1. The Morgan fingerprint density at radius 1 is 1.21 bits per heavy atom. The van der Waals surface area contributed by atoms with Gasteiger partial charge in [-0.1, -0.05) is 0 Å². The lowest BCUT2D eigenvalue weighted by atomic mass is 10.0. The summed E-state index contributed by atoms with van der Waals surface area (Å²) in [5.41, 5.74) is 5.77. The van der Waals surface area contributed by atoms with Crippen molar-refractivity contribution in [1.29, 1.82) is 0 Å². The smallest absolute Gasteiger partial charge is 0.222 e. The molecule has 1 aromatic carbocycles. The third-order valence-corrected chi connectivity index (χ3v) is 4.16. The number of halogens is 1. The number of benzene rings is 1. The lowest BCUT2D eigenvalue weighted by Crippen LogP contribution is -2.47. The number of carbonyl (C=O) groups is 1. The van der Waals surface area contributed by atoms with Gasteiger partial charge in [0.1, 0.15) is 11.5 Å². The van der Waals surface area contributed by atoms with Gasteiger partial charge in [-0.25, -0.2) is 0 Å². The Labute approximate surface area is 150 Å². The van der Waals surface area contributed by atoms with Crippen LogP contribution in [0.4, 0.5) is 0 Å². The van der Waals surface area contributed by atoms with Gasteiger partial charge in [0, 0.05) is 25.6 Å². The van der Waals surface area contributed by atoms with Gasteiger partial charge in [-0.3, -0.25) is 4.79 Å². The summed E-state index contributed by atoms with van der Waals surface area (Å²) in [6.45, 7) is 4.57. The average molecular weight is 357 g/mol. The van der Waals surface area contributed by atoms with Crippen molar-refractivity contribution >= 4 is 18.3 Å². The highest BCUT2D eigenvalue weighted by Crippen LogP contribution is 2.19. The second-order valence-corrected chi connectivity index (χ2v) is 5.83. The molecule has 1 amide bonds. The standard InChI is InChI=1S/C18H28N2O3.ClH/c1-2-22-16-8-10-17(11-9-16)23-13-5-7-18(21)20-12-4-3-6-15(20)14-19;/h8-11,15H,2-7,12-14,19H2,1H3;1H. The summed E-state index contributed by atoms with van der Waals surface area (Å²) in [6.07, 6.45) is 4.54. The number of rotatable bonds is 8. The topological polar surface area (TPSA) is 64.8 Å². The zero-order valence-corrected chi connectivity index (χ0v) is 15.2. The number of carbonyl (C=O) groups excluding carboxylic acids is 1. The van der Waals surface area contributed by atoms with Crippen molar-refractivity contribution in [2.75, 3.05) is 26.3 Å². The molecule has 1 aliphatic rings. The Morgan fingerprint density at radius 3 is 2.50 bits per heavy atom. The number of hydrogen-bond acceptors (Lipinski definition) is 4. The Bertz CT molecular complexity index is 482. The highest BCUT2D eigenvalue weighted by molar-refractivity contribution is 5.85. The predicted octanol–water partition coefficient (Wildman–Crippen LogP) is 3.01. The molecule has 0 aromatic heterocycles. The molecule has 1 saturated heterocycles. The van der Waals surface area contributed by atoms with E-state index in [0.29, 0.717) is 26.2 Å². The molecule has 6 heteroatoms. The lowest BCUT2D eigenvalue weighted by molar-refractivity contribution is -0.134. The fourth-order valence-corrected chi connectivity index (χ4v) is 2.93. The van der Waals surface area contributed by atoms with E-state index in [1.54, 1.807) is 0 Å². The van der Waals surface area contributed by atoms with Crippen LogP contribution in [0.3, 0.4) is 0 Å². The third kappa shape index (κ3) is 6.21. The van der Waals surface area contributed by atoms with Crippen LogP contribution in [0.25, 0.3) is 0 Å². The minimum absolute atomic E-state index is 0. The van der Waals surface area contributed by atoms with Crippen molar-refractivity contribution in [2.24, 2.45) is 5.73 Å². The molecule has 24 heavy (non-hydrogen) atoms. The molecule has 0 saturated carbocycles. The van der Waals surface area contributed by atoms with Crippen LogP contribution in [-0.4, -0.2) is 43.2 Å². The highest BCUT2D eigenvalue weighted by Gasteiger charge is 2.24. The van der Waals surface area contributed by atoms with Crippen molar-refractivity contribution in [3.63, 3.8) is 0 Å². The fourth-order valence-electron chi connectivity index (χ4n) is 2.93. The van der Waals surface area contributed by atoms with E-state index in [9.17, 15) is 4.79 Å². The third-order valence-electron chi connectivity index (χ3n) is 4.16. The maximum absolute atomic E-state index is 12.3. The Kier molecular flexibility index (Phi) is 9.57. The van der Waals surface area contributed by atoms with Gasteiger partial charge in [0.25, 0.3) is 0 Å². The lowest BCUT2D eigenvalue weighted by Gasteiger charge is -2.35. The second-order valence-electron chi connectivity index (χ2n) is 5.83. The van der Waals surface area contributed by atoms with Gasteiger partial charge in [-0.15, -0.1) is 12.4 Å². The minimum Gasteiger partial charge on any atom is -0.494 e. The first-order valence-corrected chi connectivity index (χ1v) is 8.59. The van der Waals surface area contributed by atoms with E-state index in [-0.39, 0.29) is 24.4 Å². The molecule has 2 rings (SSSR count). The first-order chi connectivity index (χ1) is 11.2. The minimum atomic E-state index is 0. The summed E-state index contributed by atoms with van der Waals surface area (Å²) in [4.78, 5) is 14.3. The quantitative estimate of drug-likeness (QED) is 0.727. The van der Waals surface area contributed by atoms with Crippen LogP contribution in [0.1, 0.15) is 39.0 Å². The number of nitrogens with two attached hydrogens (primary N) is 1. The van der Waals surface area contributed by atoms with Crippen LogP contribution in [0, 0.1) is 0 Å². The van der Waals surface area contributed by atoms with Crippen LogP contribution in [0.2, 0.25) is 0 Å². The number of piperidine rings is 1. The maximum atomic E-state index is 12.3. The van der Waals surface area contributed by atoms with Gasteiger partial charge in [0.15, 0.2) is 0 Å². The average Bonchev–Trinajstić information content (AvgIpc) is 2.60. The number of amides is 1. The Morgan fingerprint density at radius 2 is 1.88 bits per heavy atom. The van der Waals surface area contributed by atoms with Crippen molar-refractivity contribution < 1.29 is 14.3 Å². The zero-order valence-electron chi connectivity index (χ0n) is 14.4. The summed E-state index contributed by atoms with van der Waals surface area (Å²) in [5.74, 6) is 1.85. The molecule has 1 atom stereocenters. The van der Waals surface area contributed by atoms with Gasteiger partial charge >= 0.3 is 0 Å². The fraction of sp³-hybridized carbons (Fsp3) is 0.611. The monoisotopic (exact) mass is 356 g/mol. The molecule has 5 nitrogen and oxygen atoms in total. The van der Waals surface area contributed by atoms with E-state index < -0.39 is 0 Å². The zero-order chi connectivity index (χ0) is 16.5. The van der Waals surface area contributed by atoms with Gasteiger partial charge < -0.3 is 20.1 Å². The summed E-state index contributed by atoms with van der Waals surface area (Å²) >= 11 is 0. The SMILES string of the molecule is CCOc1ccc(OCCCC(=O)N2CCCCC2CN)cc1.Cl. The van der Waals surface area contributed by atoms with Gasteiger partial charge in [0.05, 0.1) is 13.2 Å². The predicted molar refractivity (Wildman–Crippen MR) is 98.0 cm³/mol. The largest absolute Gasteiger partial charge is 0.494 e. The molecule has 1 fully saturated rings. The van der Waals surface area contributed by atoms with Crippen molar-refractivity contribution in [3.8, 4) is 11.5 Å². The van der Waals surface area contributed by atoms with Crippen molar-refractivity contribution in [3.05, 3.63) is 24.3 Å². The molecule has 0 aliphatic carbocycles. The molecule has 136 valence electrons. The molecule has 2 N–H and O–H groups in total. The van der Waals surface area contributed by atoms with Crippen molar-refractivity contribution in [1.82, 2.24) is 4.90 Å². The Hall–Kier alpha value is -1.46. The summed E-state index contributed by atoms with van der Waals surface area (Å²) in [5, 5.41) is 0. The van der Waals surface area contributed by atoms with Crippen molar-refractivity contribution in [2.45, 2.75) is 45.1 Å². The van der Waals surface area contributed by atoms with Crippen LogP contribution >= 0.6 is 12.4 Å². The number of hydrogen-bond donors (Lipinski definition) is 1. The molecule has 0 spiro atoms. The van der Waals surface area contributed by atoms with Crippen LogP contribution in [0.5, 0.6) is 11.5 Å². The summed E-state index contributed by atoms with van der Waals surface area (Å²) in [7, 11) is 0. The first kappa shape index (κ1) is 20.6. The number of ether oxygens (including phenoxy) is 2. The van der Waals surface area contributed by atoms with E-state index in [1.165, 1.54) is 6.42 Å². The van der Waals surface area contributed by atoms with Gasteiger partial charge in [0.2, 0.25) is 5.91 Å². The molecular weight excluding hydrogens is 328 g/mol. The van der Waals surface area contributed by atoms with Crippen LogP contribution < -0.4 is 15.2 Å². The molecule has 0 radical (unpaired) electrons. The number of nitrogens with zero attached hydrogens (tertiary/aromatic N) is 1. The van der Waals surface area contributed by atoms with E-state index in [4.69, 9.17) is 15.2 Å². The molecule has 1 unspecified atom stereocenters. The maximum Gasteiger partial charge on any atom is 0.222 e. The second kappa shape index (κ2) is 11.2. The molecular formula is C18H29ClN2O3. The van der Waals surface area contributed by atoms with Gasteiger partial charge in [-0.05, 0) is 56.9 Å². The van der Waals surface area contributed by atoms with E-state index in [1.807, 2.05) is 36.1 Å². The van der Waals surface area contributed by atoms with E-state index >= 15 is 0 Å². The summed E-state index contributed by atoms with van der Waals surface area (Å²) in [6, 6.07) is 7.79. The highest BCUT2D eigenvalue weighted by atomic mass is 35.5. The van der Waals surface area contributed by atoms with E-state index in [0.717, 1.165) is 37.3 Å². The van der Waals surface area contributed by atoms with Gasteiger partial charge in [-0.2, -0.15) is 0 Å². The van der Waals surface area contributed by atoms with Crippen LogP contribution in [0.15, 0.2) is 24.3 Å². The van der Waals surface area contributed by atoms with E-state index in [2.05, 4.69) is 0 Å². The molecule has 1 heterocycles. The molecule has 0 bridgehead atoms. The molecule has 1 aromatic rings. The summed E-state index contributed by atoms with van der Waals surface area (Å²) < 4.78 is 11.1.